The average molecular weight is 334 g/mol. The summed E-state index contributed by atoms with van der Waals surface area (Å²) in [7, 11) is 0. The van der Waals surface area contributed by atoms with Crippen LogP contribution in [-0.4, -0.2) is 25.2 Å². The third kappa shape index (κ3) is 7.62. The van der Waals surface area contributed by atoms with Crippen LogP contribution in [-0.2, 0) is 9.47 Å². The highest BCUT2D eigenvalue weighted by molar-refractivity contribution is 6.03. The molecule has 0 aliphatic heterocycles. The Bertz CT molecular complexity index is 473. The van der Waals surface area contributed by atoms with Gasteiger partial charge in [0.2, 0.25) is 0 Å². The Hall–Kier alpha value is -1.84. The largest absolute Gasteiger partial charge is 0.462 e. The first-order valence-electron chi connectivity index (χ1n) is 8.85. The number of carbonyl (C=O) groups is 2. The molecule has 0 fully saturated rings. The molecule has 4 heteroatoms. The van der Waals surface area contributed by atoms with Crippen molar-refractivity contribution in [2.24, 2.45) is 11.8 Å². The molecule has 0 aromatic heterocycles. The van der Waals surface area contributed by atoms with Gasteiger partial charge in [-0.3, -0.25) is 0 Å². The Kier molecular flexibility index (Phi) is 9.13. The van der Waals surface area contributed by atoms with Crippen molar-refractivity contribution in [3.63, 3.8) is 0 Å². The van der Waals surface area contributed by atoms with Crippen LogP contribution < -0.4 is 0 Å². The maximum absolute atomic E-state index is 12.2. The third-order valence-electron chi connectivity index (χ3n) is 3.68. The SMILES string of the molecule is CC(C)CCCOC(=O)c1ccccc1C(=O)OCCCC(C)C. The fourth-order valence-electron chi connectivity index (χ4n) is 2.31. The van der Waals surface area contributed by atoms with Crippen LogP contribution in [0, 0.1) is 11.8 Å². The van der Waals surface area contributed by atoms with Crippen molar-refractivity contribution in [1.29, 1.82) is 0 Å². The topological polar surface area (TPSA) is 52.6 Å². The molecule has 0 saturated heterocycles. The minimum absolute atomic E-state index is 0.274. The van der Waals surface area contributed by atoms with E-state index in [-0.39, 0.29) is 11.1 Å². The smallest absolute Gasteiger partial charge is 0.339 e. The summed E-state index contributed by atoms with van der Waals surface area (Å²) in [5.41, 5.74) is 0.548. The number of benzene rings is 1. The first kappa shape index (κ1) is 20.2. The lowest BCUT2D eigenvalue weighted by atomic mass is 10.1. The van der Waals surface area contributed by atoms with E-state index in [1.54, 1.807) is 24.3 Å². The molecule has 0 N–H and O–H groups in total. The van der Waals surface area contributed by atoms with E-state index in [2.05, 4.69) is 27.7 Å². The molecule has 0 spiro atoms. The van der Waals surface area contributed by atoms with Crippen LogP contribution >= 0.6 is 0 Å². The summed E-state index contributed by atoms with van der Waals surface area (Å²) in [6.07, 6.45) is 3.66. The second kappa shape index (κ2) is 10.8. The number of esters is 2. The maximum Gasteiger partial charge on any atom is 0.339 e. The van der Waals surface area contributed by atoms with Gasteiger partial charge in [-0.25, -0.2) is 9.59 Å². The van der Waals surface area contributed by atoms with Crippen LogP contribution in [0.15, 0.2) is 24.3 Å². The van der Waals surface area contributed by atoms with Crippen molar-refractivity contribution in [2.75, 3.05) is 13.2 Å². The van der Waals surface area contributed by atoms with Crippen LogP contribution in [0.3, 0.4) is 0 Å². The van der Waals surface area contributed by atoms with Gasteiger partial charge in [-0.15, -0.1) is 0 Å². The fourth-order valence-corrected chi connectivity index (χ4v) is 2.31. The van der Waals surface area contributed by atoms with Crippen molar-refractivity contribution in [3.8, 4) is 0 Å². The summed E-state index contributed by atoms with van der Waals surface area (Å²) >= 11 is 0. The van der Waals surface area contributed by atoms with Gasteiger partial charge in [-0.1, -0.05) is 39.8 Å². The van der Waals surface area contributed by atoms with Crippen molar-refractivity contribution in [3.05, 3.63) is 35.4 Å². The quantitative estimate of drug-likeness (QED) is 0.452. The van der Waals surface area contributed by atoms with Crippen molar-refractivity contribution < 1.29 is 19.1 Å². The summed E-state index contributed by atoms with van der Waals surface area (Å²) in [6.45, 7) is 9.27. The molecule has 1 aromatic rings. The van der Waals surface area contributed by atoms with Gasteiger partial charge in [0.05, 0.1) is 24.3 Å². The molecule has 0 saturated carbocycles. The molecule has 1 aromatic carbocycles. The predicted molar refractivity (Wildman–Crippen MR) is 95.2 cm³/mol. The van der Waals surface area contributed by atoms with Gasteiger partial charge in [0, 0.05) is 0 Å². The number of rotatable bonds is 10. The Morgan fingerprint density at radius 3 is 1.50 bits per heavy atom. The highest BCUT2D eigenvalue weighted by Gasteiger charge is 2.18. The molecule has 134 valence electrons. The summed E-state index contributed by atoms with van der Waals surface area (Å²) in [4.78, 5) is 24.4. The second-order valence-corrected chi connectivity index (χ2v) is 6.89. The van der Waals surface area contributed by atoms with E-state index in [1.807, 2.05) is 0 Å². The molecule has 0 bridgehead atoms. The van der Waals surface area contributed by atoms with Crippen LogP contribution in [0.1, 0.15) is 74.1 Å². The number of hydrogen-bond acceptors (Lipinski definition) is 4. The maximum atomic E-state index is 12.2. The van der Waals surface area contributed by atoms with E-state index < -0.39 is 11.9 Å². The van der Waals surface area contributed by atoms with E-state index in [0.717, 1.165) is 25.7 Å². The minimum Gasteiger partial charge on any atom is -0.462 e. The highest BCUT2D eigenvalue weighted by Crippen LogP contribution is 2.13. The molecule has 0 aliphatic carbocycles. The molecule has 0 atom stereocenters. The standard InChI is InChI=1S/C20H30O4/c1-15(2)9-7-13-23-19(21)17-11-5-6-12-18(17)20(22)24-14-8-10-16(3)4/h5-6,11-12,15-16H,7-10,13-14H2,1-4H3. The number of ether oxygens (including phenoxy) is 2. The predicted octanol–water partition coefficient (Wildman–Crippen LogP) is 4.87. The van der Waals surface area contributed by atoms with E-state index in [9.17, 15) is 9.59 Å². The molecule has 0 aliphatic rings. The van der Waals surface area contributed by atoms with Gasteiger partial charge in [-0.05, 0) is 49.7 Å². The highest BCUT2D eigenvalue weighted by atomic mass is 16.5. The number of carbonyl (C=O) groups excluding carboxylic acids is 2. The summed E-state index contributed by atoms with van der Waals surface area (Å²) in [5.74, 6) is 0.232. The zero-order valence-corrected chi connectivity index (χ0v) is 15.3. The van der Waals surface area contributed by atoms with Gasteiger partial charge in [0.25, 0.3) is 0 Å². The summed E-state index contributed by atoms with van der Waals surface area (Å²) in [6, 6.07) is 6.66. The molecule has 1 rings (SSSR count). The fraction of sp³-hybridized carbons (Fsp3) is 0.600. The zero-order valence-electron chi connectivity index (χ0n) is 15.3. The lowest BCUT2D eigenvalue weighted by Gasteiger charge is -2.11. The van der Waals surface area contributed by atoms with Gasteiger partial charge in [0.15, 0.2) is 0 Å². The normalized spacial score (nSPS) is 10.9. The second-order valence-electron chi connectivity index (χ2n) is 6.89. The molecule has 0 unspecified atom stereocenters. The lowest BCUT2D eigenvalue weighted by molar-refractivity contribution is 0.0447. The van der Waals surface area contributed by atoms with E-state index >= 15 is 0 Å². The molecule has 4 nitrogen and oxygen atoms in total. The van der Waals surface area contributed by atoms with Crippen LogP contribution in [0.4, 0.5) is 0 Å². The van der Waals surface area contributed by atoms with E-state index in [0.29, 0.717) is 25.0 Å². The Morgan fingerprint density at radius 2 is 1.17 bits per heavy atom. The van der Waals surface area contributed by atoms with Gasteiger partial charge >= 0.3 is 11.9 Å². The molecule has 0 amide bonds. The van der Waals surface area contributed by atoms with Crippen LogP contribution in [0.25, 0.3) is 0 Å². The monoisotopic (exact) mass is 334 g/mol. The average Bonchev–Trinajstić information content (AvgIpc) is 2.54. The molecular formula is C20H30O4. The van der Waals surface area contributed by atoms with Crippen molar-refractivity contribution in [2.45, 2.75) is 53.4 Å². The first-order chi connectivity index (χ1) is 11.4. The molecular weight excluding hydrogens is 304 g/mol. The van der Waals surface area contributed by atoms with E-state index in [1.165, 1.54) is 0 Å². The summed E-state index contributed by atoms with van der Waals surface area (Å²) in [5, 5.41) is 0. The van der Waals surface area contributed by atoms with Crippen molar-refractivity contribution in [1.82, 2.24) is 0 Å². The lowest BCUT2D eigenvalue weighted by Crippen LogP contribution is -2.15. The van der Waals surface area contributed by atoms with Gasteiger partial charge in [0.1, 0.15) is 0 Å². The first-order valence-corrected chi connectivity index (χ1v) is 8.85. The molecule has 24 heavy (non-hydrogen) atoms. The molecule has 0 radical (unpaired) electrons. The van der Waals surface area contributed by atoms with Crippen LogP contribution in [0.2, 0.25) is 0 Å². The Morgan fingerprint density at radius 1 is 0.792 bits per heavy atom. The number of hydrogen-bond donors (Lipinski definition) is 0. The molecule has 0 heterocycles. The Labute approximate surface area is 145 Å². The van der Waals surface area contributed by atoms with Gasteiger partial charge < -0.3 is 9.47 Å². The van der Waals surface area contributed by atoms with Crippen LogP contribution in [0.5, 0.6) is 0 Å². The van der Waals surface area contributed by atoms with E-state index in [4.69, 9.17) is 9.47 Å². The van der Waals surface area contributed by atoms with Gasteiger partial charge in [-0.2, -0.15) is 0 Å². The Balaban J connectivity index is 2.56. The third-order valence-corrected chi connectivity index (χ3v) is 3.68. The van der Waals surface area contributed by atoms with Crippen molar-refractivity contribution >= 4 is 11.9 Å². The summed E-state index contributed by atoms with van der Waals surface area (Å²) < 4.78 is 10.6. The minimum atomic E-state index is -0.464. The zero-order chi connectivity index (χ0) is 17.9.